The molecule has 0 heterocycles. The molecule has 3 heteroatoms. The summed E-state index contributed by atoms with van der Waals surface area (Å²) >= 11 is 2.26. The molecule has 0 aromatic heterocycles. The van der Waals surface area contributed by atoms with E-state index in [1.165, 1.54) is 3.57 Å². The lowest BCUT2D eigenvalue weighted by Crippen LogP contribution is -2.12. The molecule has 18 heavy (non-hydrogen) atoms. The molecule has 0 atom stereocenters. The van der Waals surface area contributed by atoms with Crippen molar-refractivity contribution in [2.45, 2.75) is 13.8 Å². The summed E-state index contributed by atoms with van der Waals surface area (Å²) in [5.41, 5.74) is 3.76. The molecule has 1 N–H and O–H groups in total. The Labute approximate surface area is 121 Å². The zero-order valence-electron chi connectivity index (χ0n) is 10.3. The van der Waals surface area contributed by atoms with Crippen molar-refractivity contribution in [3.8, 4) is 0 Å². The normalized spacial score (nSPS) is 10.2. The third-order valence-corrected chi connectivity index (χ3v) is 3.42. The predicted molar refractivity (Wildman–Crippen MR) is 83.0 cm³/mol. The van der Waals surface area contributed by atoms with Gasteiger partial charge in [0.2, 0.25) is 0 Å². The highest BCUT2D eigenvalue weighted by Gasteiger charge is 2.07. The van der Waals surface area contributed by atoms with Gasteiger partial charge in [0.1, 0.15) is 0 Å². The lowest BCUT2D eigenvalue weighted by molar-refractivity contribution is 0.102. The van der Waals surface area contributed by atoms with E-state index in [2.05, 4.69) is 27.9 Å². The second-order valence-corrected chi connectivity index (χ2v) is 5.53. The molecule has 0 fully saturated rings. The number of carbonyl (C=O) groups is 1. The SMILES string of the molecule is Cc1ccc(C(=O)Nc2ccc(I)cc2C)cc1. The molecule has 92 valence electrons. The number of amides is 1. The topological polar surface area (TPSA) is 29.1 Å². The summed E-state index contributed by atoms with van der Waals surface area (Å²) in [7, 11) is 0. The number of anilines is 1. The maximum atomic E-state index is 12.0. The molecule has 0 aliphatic heterocycles. The second kappa shape index (κ2) is 5.52. The van der Waals surface area contributed by atoms with Gasteiger partial charge in [-0.3, -0.25) is 4.79 Å². The van der Waals surface area contributed by atoms with E-state index in [4.69, 9.17) is 0 Å². The van der Waals surface area contributed by atoms with Crippen molar-refractivity contribution < 1.29 is 4.79 Å². The summed E-state index contributed by atoms with van der Waals surface area (Å²) in [6, 6.07) is 13.5. The van der Waals surface area contributed by atoms with Crippen LogP contribution in [0.2, 0.25) is 0 Å². The highest BCUT2D eigenvalue weighted by atomic mass is 127. The van der Waals surface area contributed by atoms with Gasteiger partial charge >= 0.3 is 0 Å². The fraction of sp³-hybridized carbons (Fsp3) is 0.133. The Bertz CT molecular complexity index is 576. The van der Waals surface area contributed by atoms with E-state index in [-0.39, 0.29) is 5.91 Å². The van der Waals surface area contributed by atoms with E-state index in [1.54, 1.807) is 0 Å². The van der Waals surface area contributed by atoms with Crippen LogP contribution in [0.1, 0.15) is 21.5 Å². The minimum Gasteiger partial charge on any atom is -0.322 e. The average Bonchev–Trinajstić information content (AvgIpc) is 2.33. The van der Waals surface area contributed by atoms with Gasteiger partial charge in [-0.15, -0.1) is 0 Å². The molecule has 1 amide bonds. The van der Waals surface area contributed by atoms with E-state index >= 15 is 0 Å². The molecule has 0 aliphatic rings. The minimum atomic E-state index is -0.0701. The van der Waals surface area contributed by atoms with Gasteiger partial charge in [0.25, 0.3) is 5.91 Å². The maximum absolute atomic E-state index is 12.0. The van der Waals surface area contributed by atoms with Crippen molar-refractivity contribution in [1.29, 1.82) is 0 Å². The van der Waals surface area contributed by atoms with Crippen LogP contribution in [-0.2, 0) is 0 Å². The third-order valence-electron chi connectivity index (χ3n) is 2.75. The molecular weight excluding hydrogens is 337 g/mol. The molecule has 0 bridgehead atoms. The van der Waals surface area contributed by atoms with E-state index in [0.29, 0.717) is 5.56 Å². The number of carbonyl (C=O) groups excluding carboxylic acids is 1. The number of halogens is 1. The van der Waals surface area contributed by atoms with Gasteiger partial charge in [-0.25, -0.2) is 0 Å². The van der Waals surface area contributed by atoms with Crippen LogP contribution in [-0.4, -0.2) is 5.91 Å². The van der Waals surface area contributed by atoms with E-state index in [0.717, 1.165) is 16.8 Å². The van der Waals surface area contributed by atoms with E-state index in [1.807, 2.05) is 56.3 Å². The van der Waals surface area contributed by atoms with Crippen LogP contribution in [0.15, 0.2) is 42.5 Å². The Hall–Kier alpha value is -1.36. The summed E-state index contributed by atoms with van der Waals surface area (Å²) < 4.78 is 1.17. The first kappa shape index (κ1) is 13.1. The molecule has 0 saturated carbocycles. The first-order valence-corrected chi connectivity index (χ1v) is 6.78. The van der Waals surface area contributed by atoms with Crippen LogP contribution in [0.4, 0.5) is 5.69 Å². The molecule has 2 nitrogen and oxygen atoms in total. The largest absolute Gasteiger partial charge is 0.322 e. The fourth-order valence-corrected chi connectivity index (χ4v) is 2.31. The molecule has 0 unspecified atom stereocenters. The lowest BCUT2D eigenvalue weighted by atomic mass is 10.1. The predicted octanol–water partition coefficient (Wildman–Crippen LogP) is 4.16. The monoisotopic (exact) mass is 351 g/mol. The van der Waals surface area contributed by atoms with Crippen LogP contribution in [0.3, 0.4) is 0 Å². The van der Waals surface area contributed by atoms with Crippen molar-refractivity contribution in [1.82, 2.24) is 0 Å². The highest BCUT2D eigenvalue weighted by Crippen LogP contribution is 2.18. The molecule has 0 spiro atoms. The van der Waals surface area contributed by atoms with Crippen LogP contribution in [0, 0.1) is 17.4 Å². The molecule has 2 aromatic rings. The lowest BCUT2D eigenvalue weighted by Gasteiger charge is -2.09. The van der Waals surface area contributed by atoms with Crippen molar-refractivity contribution in [2.24, 2.45) is 0 Å². The summed E-state index contributed by atoms with van der Waals surface area (Å²) in [4.78, 5) is 12.0. The van der Waals surface area contributed by atoms with Gasteiger partial charge in [0, 0.05) is 14.8 Å². The Morgan fingerprint density at radius 2 is 1.72 bits per heavy atom. The van der Waals surface area contributed by atoms with Crippen LogP contribution < -0.4 is 5.32 Å². The third kappa shape index (κ3) is 3.10. The standard InChI is InChI=1S/C15H14INO/c1-10-3-5-12(6-4-10)15(18)17-14-8-7-13(16)9-11(14)2/h3-9H,1-2H3,(H,17,18). The molecule has 0 saturated heterocycles. The number of hydrogen-bond acceptors (Lipinski definition) is 1. The first-order valence-electron chi connectivity index (χ1n) is 5.70. The number of aryl methyl sites for hydroxylation is 2. The summed E-state index contributed by atoms with van der Waals surface area (Å²) in [5.74, 6) is -0.0701. The highest BCUT2D eigenvalue weighted by molar-refractivity contribution is 14.1. The van der Waals surface area contributed by atoms with Crippen LogP contribution in [0.5, 0.6) is 0 Å². The second-order valence-electron chi connectivity index (χ2n) is 4.28. The zero-order valence-corrected chi connectivity index (χ0v) is 12.5. The van der Waals surface area contributed by atoms with E-state index in [9.17, 15) is 4.79 Å². The Morgan fingerprint density at radius 3 is 2.33 bits per heavy atom. The van der Waals surface area contributed by atoms with Gasteiger partial charge in [-0.05, 0) is 72.3 Å². The fourth-order valence-electron chi connectivity index (χ4n) is 1.67. The van der Waals surface area contributed by atoms with E-state index < -0.39 is 0 Å². The Morgan fingerprint density at radius 1 is 1.06 bits per heavy atom. The molecule has 2 aromatic carbocycles. The van der Waals surface area contributed by atoms with Gasteiger partial charge in [0.05, 0.1) is 0 Å². The van der Waals surface area contributed by atoms with Crippen molar-refractivity contribution in [3.63, 3.8) is 0 Å². The molecule has 2 rings (SSSR count). The summed E-state index contributed by atoms with van der Waals surface area (Å²) in [6.45, 7) is 4.00. The summed E-state index contributed by atoms with van der Waals surface area (Å²) in [5, 5.41) is 2.93. The van der Waals surface area contributed by atoms with Gasteiger partial charge in [-0.1, -0.05) is 17.7 Å². The van der Waals surface area contributed by atoms with Crippen LogP contribution in [0.25, 0.3) is 0 Å². The number of hydrogen-bond donors (Lipinski definition) is 1. The quantitative estimate of drug-likeness (QED) is 0.809. The number of benzene rings is 2. The van der Waals surface area contributed by atoms with Crippen molar-refractivity contribution in [2.75, 3.05) is 5.32 Å². The number of rotatable bonds is 2. The van der Waals surface area contributed by atoms with Gasteiger partial charge in [-0.2, -0.15) is 0 Å². The van der Waals surface area contributed by atoms with Gasteiger partial charge < -0.3 is 5.32 Å². The van der Waals surface area contributed by atoms with Crippen molar-refractivity contribution >= 4 is 34.2 Å². The zero-order chi connectivity index (χ0) is 13.1. The molecule has 0 radical (unpaired) electrons. The molecule has 0 aliphatic carbocycles. The molecular formula is C15H14INO. The van der Waals surface area contributed by atoms with Gasteiger partial charge in [0.15, 0.2) is 0 Å². The summed E-state index contributed by atoms with van der Waals surface area (Å²) in [6.07, 6.45) is 0. The Kier molecular flexibility index (Phi) is 4.01. The van der Waals surface area contributed by atoms with Crippen LogP contribution >= 0.6 is 22.6 Å². The smallest absolute Gasteiger partial charge is 0.255 e. The average molecular weight is 351 g/mol. The van der Waals surface area contributed by atoms with Crippen molar-refractivity contribution in [3.05, 3.63) is 62.7 Å². The maximum Gasteiger partial charge on any atom is 0.255 e. The minimum absolute atomic E-state index is 0.0701. The first-order chi connectivity index (χ1) is 8.56. The Balaban J connectivity index is 2.18. The number of nitrogens with one attached hydrogen (secondary N) is 1.